The molecule has 98 valence electrons. The van der Waals surface area contributed by atoms with E-state index < -0.39 is 0 Å². The van der Waals surface area contributed by atoms with E-state index in [0.29, 0.717) is 11.8 Å². The van der Waals surface area contributed by atoms with Crippen LogP contribution < -0.4 is 5.32 Å². The minimum Gasteiger partial charge on any atom is -0.508 e. The molecule has 0 radical (unpaired) electrons. The molecule has 2 nitrogen and oxygen atoms in total. The minimum absolute atomic E-state index is 0.304. The van der Waals surface area contributed by atoms with Crippen LogP contribution in [0.2, 0.25) is 5.02 Å². The van der Waals surface area contributed by atoms with Gasteiger partial charge in [-0.1, -0.05) is 41.9 Å². The molecule has 2 aromatic rings. The molecule has 3 heteroatoms. The average molecular weight is 274 g/mol. The first kappa shape index (κ1) is 12.5. The van der Waals surface area contributed by atoms with Crippen LogP contribution in [0.1, 0.15) is 29.2 Å². The summed E-state index contributed by atoms with van der Waals surface area (Å²) < 4.78 is 0. The van der Waals surface area contributed by atoms with Gasteiger partial charge in [-0.3, -0.25) is 0 Å². The van der Waals surface area contributed by atoms with Crippen LogP contribution in [0.4, 0.5) is 0 Å². The van der Waals surface area contributed by atoms with Crippen molar-refractivity contribution in [2.24, 2.45) is 0 Å². The molecule has 1 aliphatic rings. The lowest BCUT2D eigenvalue weighted by molar-refractivity contribution is 0.469. The number of nitrogens with one attached hydrogen (secondary N) is 1. The van der Waals surface area contributed by atoms with Crippen LogP contribution in [0.25, 0.3) is 0 Å². The molecule has 2 aromatic carbocycles. The highest BCUT2D eigenvalue weighted by atomic mass is 35.5. The number of aromatic hydroxyl groups is 1. The molecule has 2 N–H and O–H groups in total. The first-order valence-corrected chi connectivity index (χ1v) is 6.91. The monoisotopic (exact) mass is 273 g/mol. The van der Waals surface area contributed by atoms with Crippen LogP contribution >= 0.6 is 11.6 Å². The Kier molecular flexibility index (Phi) is 3.45. The summed E-state index contributed by atoms with van der Waals surface area (Å²) >= 11 is 6.16. The maximum absolute atomic E-state index is 9.83. The lowest BCUT2D eigenvalue weighted by Crippen LogP contribution is -2.18. The smallest absolute Gasteiger partial charge is 0.119 e. The molecular formula is C16H16ClNO. The van der Waals surface area contributed by atoms with Gasteiger partial charge in [0, 0.05) is 17.6 Å². The number of fused-ring (bicyclic) bond motifs is 1. The normalized spacial score (nSPS) is 17.4. The van der Waals surface area contributed by atoms with Gasteiger partial charge < -0.3 is 10.4 Å². The van der Waals surface area contributed by atoms with Gasteiger partial charge in [-0.2, -0.15) is 0 Å². The van der Waals surface area contributed by atoms with Gasteiger partial charge in [0.25, 0.3) is 0 Å². The summed E-state index contributed by atoms with van der Waals surface area (Å²) in [6.45, 7) is 0.749. The maximum atomic E-state index is 9.83. The molecule has 1 atom stereocenters. The van der Waals surface area contributed by atoms with Gasteiger partial charge in [0.05, 0.1) is 0 Å². The summed E-state index contributed by atoms with van der Waals surface area (Å²) in [5.74, 6) is 0.416. The Labute approximate surface area is 118 Å². The van der Waals surface area contributed by atoms with E-state index in [1.807, 2.05) is 30.3 Å². The average Bonchev–Trinajstić information content (AvgIpc) is 2.83. The highest BCUT2D eigenvalue weighted by Crippen LogP contribution is 2.36. The SMILES string of the molecule is Oc1cccc2c1CCC2NCc1ccccc1Cl. The standard InChI is InChI=1S/C16H16ClNO/c17-14-6-2-1-4-11(14)10-18-15-9-8-13-12(15)5-3-7-16(13)19/h1-7,15,18-19H,8-10H2. The number of hydrogen-bond donors (Lipinski definition) is 2. The Morgan fingerprint density at radius 1 is 1.16 bits per heavy atom. The van der Waals surface area contributed by atoms with Crippen LogP contribution in [0, 0.1) is 0 Å². The summed E-state index contributed by atoms with van der Waals surface area (Å²) in [5, 5.41) is 14.2. The zero-order valence-electron chi connectivity index (χ0n) is 10.6. The second kappa shape index (κ2) is 5.24. The van der Waals surface area contributed by atoms with Crippen molar-refractivity contribution in [3.63, 3.8) is 0 Å². The molecule has 0 saturated heterocycles. The topological polar surface area (TPSA) is 32.3 Å². The van der Waals surface area contributed by atoms with Gasteiger partial charge in [0.15, 0.2) is 0 Å². The molecule has 0 saturated carbocycles. The highest BCUT2D eigenvalue weighted by molar-refractivity contribution is 6.31. The van der Waals surface area contributed by atoms with Crippen molar-refractivity contribution >= 4 is 11.6 Å². The van der Waals surface area contributed by atoms with Crippen molar-refractivity contribution < 1.29 is 5.11 Å². The van der Waals surface area contributed by atoms with E-state index in [2.05, 4.69) is 11.4 Å². The molecule has 0 heterocycles. The Morgan fingerprint density at radius 2 is 2.00 bits per heavy atom. The fourth-order valence-corrected chi connectivity index (χ4v) is 2.92. The quantitative estimate of drug-likeness (QED) is 0.891. The van der Waals surface area contributed by atoms with E-state index in [9.17, 15) is 5.11 Å². The summed E-state index contributed by atoms with van der Waals surface area (Å²) in [6.07, 6.45) is 1.96. The number of rotatable bonds is 3. The Bertz CT molecular complexity index is 597. The Hall–Kier alpha value is -1.51. The minimum atomic E-state index is 0.304. The largest absolute Gasteiger partial charge is 0.508 e. The van der Waals surface area contributed by atoms with Crippen molar-refractivity contribution in [1.29, 1.82) is 0 Å². The number of halogens is 1. The zero-order chi connectivity index (χ0) is 13.2. The number of benzene rings is 2. The lowest BCUT2D eigenvalue weighted by Gasteiger charge is -2.15. The van der Waals surface area contributed by atoms with Crippen molar-refractivity contribution in [2.75, 3.05) is 0 Å². The van der Waals surface area contributed by atoms with E-state index in [-0.39, 0.29) is 0 Å². The predicted molar refractivity (Wildman–Crippen MR) is 77.5 cm³/mol. The third-order valence-electron chi connectivity index (χ3n) is 3.74. The molecular weight excluding hydrogens is 258 g/mol. The predicted octanol–water partition coefficient (Wildman–Crippen LogP) is 3.82. The third-order valence-corrected chi connectivity index (χ3v) is 4.11. The summed E-state index contributed by atoms with van der Waals surface area (Å²) in [5.41, 5.74) is 3.41. The van der Waals surface area contributed by atoms with Gasteiger partial charge in [-0.15, -0.1) is 0 Å². The van der Waals surface area contributed by atoms with Crippen molar-refractivity contribution in [3.8, 4) is 5.75 Å². The third kappa shape index (κ3) is 2.46. The van der Waals surface area contributed by atoms with Gasteiger partial charge in [-0.05, 0) is 41.7 Å². The maximum Gasteiger partial charge on any atom is 0.119 e. The summed E-state index contributed by atoms with van der Waals surface area (Å²) in [7, 11) is 0. The first-order valence-electron chi connectivity index (χ1n) is 6.53. The fourth-order valence-electron chi connectivity index (χ4n) is 2.72. The van der Waals surface area contributed by atoms with E-state index in [1.54, 1.807) is 6.07 Å². The highest BCUT2D eigenvalue weighted by Gasteiger charge is 2.24. The van der Waals surface area contributed by atoms with Crippen LogP contribution in [0.5, 0.6) is 5.75 Å². The number of phenolic OH excluding ortho intramolecular Hbond substituents is 1. The van der Waals surface area contributed by atoms with E-state index in [4.69, 9.17) is 11.6 Å². The van der Waals surface area contributed by atoms with Crippen LogP contribution in [-0.4, -0.2) is 5.11 Å². The number of hydrogen-bond acceptors (Lipinski definition) is 2. The van der Waals surface area contributed by atoms with Gasteiger partial charge >= 0.3 is 0 Å². The summed E-state index contributed by atoms with van der Waals surface area (Å²) in [6, 6.07) is 13.9. The van der Waals surface area contributed by atoms with Crippen LogP contribution in [0.3, 0.4) is 0 Å². The van der Waals surface area contributed by atoms with Crippen molar-refractivity contribution in [1.82, 2.24) is 5.32 Å². The van der Waals surface area contributed by atoms with Gasteiger partial charge in [-0.25, -0.2) is 0 Å². The second-order valence-corrected chi connectivity index (χ2v) is 5.32. The first-order chi connectivity index (χ1) is 9.25. The van der Waals surface area contributed by atoms with Crippen molar-refractivity contribution in [3.05, 3.63) is 64.2 Å². The van der Waals surface area contributed by atoms with E-state index >= 15 is 0 Å². The Balaban J connectivity index is 1.74. The molecule has 0 spiro atoms. The van der Waals surface area contributed by atoms with Crippen LogP contribution in [0.15, 0.2) is 42.5 Å². The molecule has 0 bridgehead atoms. The molecule has 19 heavy (non-hydrogen) atoms. The molecule has 0 fully saturated rings. The van der Waals surface area contributed by atoms with E-state index in [0.717, 1.165) is 35.5 Å². The fraction of sp³-hybridized carbons (Fsp3) is 0.250. The van der Waals surface area contributed by atoms with Gasteiger partial charge in [0.1, 0.15) is 5.75 Å². The molecule has 0 aromatic heterocycles. The molecule has 1 unspecified atom stereocenters. The molecule has 0 aliphatic heterocycles. The van der Waals surface area contributed by atoms with Crippen molar-refractivity contribution in [2.45, 2.75) is 25.4 Å². The molecule has 3 rings (SSSR count). The lowest BCUT2D eigenvalue weighted by atomic mass is 10.1. The molecule has 1 aliphatic carbocycles. The van der Waals surface area contributed by atoms with E-state index in [1.165, 1.54) is 5.56 Å². The van der Waals surface area contributed by atoms with Gasteiger partial charge in [0.2, 0.25) is 0 Å². The van der Waals surface area contributed by atoms with Crippen LogP contribution in [-0.2, 0) is 13.0 Å². The number of phenols is 1. The Morgan fingerprint density at radius 3 is 2.84 bits per heavy atom. The molecule has 0 amide bonds. The summed E-state index contributed by atoms with van der Waals surface area (Å²) in [4.78, 5) is 0. The zero-order valence-corrected chi connectivity index (χ0v) is 11.3. The second-order valence-electron chi connectivity index (χ2n) is 4.91.